The zero-order chi connectivity index (χ0) is 11.4. The summed E-state index contributed by atoms with van der Waals surface area (Å²) in [5, 5.41) is 10.6. The fourth-order valence-corrected chi connectivity index (χ4v) is 1.21. The number of carbonyl (C=O) groups excluding carboxylic acids is 1. The smallest absolute Gasteiger partial charge is 0.288 e. The van der Waals surface area contributed by atoms with Crippen LogP contribution in [0.5, 0.6) is 0 Å². The first-order valence-corrected chi connectivity index (χ1v) is 4.35. The first kappa shape index (κ1) is 11.1. The van der Waals surface area contributed by atoms with Crippen molar-refractivity contribution in [3.63, 3.8) is 0 Å². The fourth-order valence-electron chi connectivity index (χ4n) is 1.21. The molecule has 0 saturated heterocycles. The summed E-state index contributed by atoms with van der Waals surface area (Å²) in [7, 11) is 0. The van der Waals surface area contributed by atoms with Crippen LogP contribution in [0.4, 0.5) is 5.69 Å². The summed E-state index contributed by atoms with van der Waals surface area (Å²) in [5.74, 6) is 0. The number of aldehydes is 1. The third-order valence-electron chi connectivity index (χ3n) is 1.99. The molecule has 0 amide bonds. The highest BCUT2D eigenvalue weighted by atomic mass is 16.6. The number of nitrogens with zero attached hydrogens (tertiary/aromatic N) is 2. The van der Waals surface area contributed by atoms with Crippen molar-refractivity contribution < 1.29 is 9.72 Å². The minimum Gasteiger partial charge on any atom is -0.308 e. The Kier molecular flexibility index (Phi) is 3.33. The van der Waals surface area contributed by atoms with Gasteiger partial charge >= 0.3 is 0 Å². The molecule has 0 aromatic carbocycles. The summed E-state index contributed by atoms with van der Waals surface area (Å²) >= 11 is 0. The normalized spacial score (nSPS) is 9.93. The van der Waals surface area contributed by atoms with E-state index in [2.05, 4.69) is 0 Å². The molecule has 1 aromatic heterocycles. The number of nitro groups is 1. The number of pyridine rings is 1. The average Bonchev–Trinajstić information content (AvgIpc) is 2.16. The molecular formula is C9H10N2O4. The summed E-state index contributed by atoms with van der Waals surface area (Å²) < 4.78 is 1.17. The Morgan fingerprint density at radius 3 is 2.80 bits per heavy atom. The summed E-state index contributed by atoms with van der Waals surface area (Å²) in [6, 6.07) is 1.20. The van der Waals surface area contributed by atoms with Gasteiger partial charge in [0.15, 0.2) is 0 Å². The van der Waals surface area contributed by atoms with E-state index in [0.717, 1.165) is 0 Å². The predicted molar refractivity (Wildman–Crippen MR) is 52.8 cm³/mol. The molecule has 0 saturated carbocycles. The minimum atomic E-state index is -0.549. The molecule has 1 rings (SSSR count). The zero-order valence-electron chi connectivity index (χ0n) is 8.17. The van der Waals surface area contributed by atoms with Gasteiger partial charge in [0.1, 0.15) is 6.29 Å². The molecular weight excluding hydrogens is 200 g/mol. The Labute approximate surface area is 85.3 Å². The highest BCUT2D eigenvalue weighted by Gasteiger charge is 2.12. The van der Waals surface area contributed by atoms with Gasteiger partial charge in [0, 0.05) is 24.6 Å². The largest absolute Gasteiger partial charge is 0.308 e. The summed E-state index contributed by atoms with van der Waals surface area (Å²) in [5.41, 5.74) is -0.118. The van der Waals surface area contributed by atoms with Crippen molar-refractivity contribution in [2.45, 2.75) is 19.9 Å². The lowest BCUT2D eigenvalue weighted by molar-refractivity contribution is -0.385. The molecule has 0 aliphatic carbocycles. The molecule has 1 heterocycles. The van der Waals surface area contributed by atoms with E-state index in [9.17, 15) is 19.7 Å². The molecule has 6 nitrogen and oxygen atoms in total. The number of aromatic nitrogens is 1. The number of hydrogen-bond acceptors (Lipinski definition) is 4. The van der Waals surface area contributed by atoms with E-state index < -0.39 is 4.92 Å². The Morgan fingerprint density at radius 1 is 1.60 bits per heavy atom. The number of hydrogen-bond donors (Lipinski definition) is 0. The summed E-state index contributed by atoms with van der Waals surface area (Å²) in [6.45, 7) is 1.67. The molecule has 80 valence electrons. The third kappa shape index (κ3) is 2.49. The predicted octanol–water partition coefficient (Wildman–Crippen LogP) is 0.654. The Bertz CT molecular complexity index is 450. The van der Waals surface area contributed by atoms with Gasteiger partial charge in [-0.15, -0.1) is 0 Å². The van der Waals surface area contributed by atoms with Gasteiger partial charge in [0.05, 0.1) is 11.1 Å². The molecule has 0 aliphatic rings. The molecule has 0 fully saturated rings. The Morgan fingerprint density at radius 2 is 2.27 bits per heavy atom. The van der Waals surface area contributed by atoms with Crippen molar-refractivity contribution in [3.05, 3.63) is 38.3 Å². The average molecular weight is 210 g/mol. The highest BCUT2D eigenvalue weighted by Crippen LogP contribution is 2.13. The van der Waals surface area contributed by atoms with Crippen molar-refractivity contribution in [1.29, 1.82) is 0 Å². The van der Waals surface area contributed by atoms with Crippen LogP contribution < -0.4 is 5.56 Å². The van der Waals surface area contributed by atoms with Gasteiger partial charge in [-0.05, 0) is 6.92 Å². The molecule has 0 unspecified atom stereocenters. The highest BCUT2D eigenvalue weighted by molar-refractivity contribution is 5.49. The van der Waals surface area contributed by atoms with E-state index in [1.165, 1.54) is 23.8 Å². The Balaban J connectivity index is 3.17. The second kappa shape index (κ2) is 4.50. The lowest BCUT2D eigenvalue weighted by Crippen LogP contribution is -2.20. The van der Waals surface area contributed by atoms with Gasteiger partial charge in [-0.2, -0.15) is 0 Å². The molecule has 6 heteroatoms. The van der Waals surface area contributed by atoms with E-state index in [1.807, 2.05) is 0 Å². The summed E-state index contributed by atoms with van der Waals surface area (Å²) in [6.07, 6.45) is 2.00. The molecule has 0 N–H and O–H groups in total. The van der Waals surface area contributed by atoms with Gasteiger partial charge in [-0.25, -0.2) is 0 Å². The molecule has 15 heavy (non-hydrogen) atoms. The van der Waals surface area contributed by atoms with Crippen molar-refractivity contribution >= 4 is 12.0 Å². The number of aryl methyl sites for hydroxylation is 2. The van der Waals surface area contributed by atoms with E-state index in [0.29, 0.717) is 11.8 Å². The van der Waals surface area contributed by atoms with E-state index in [4.69, 9.17) is 0 Å². The molecule has 0 spiro atoms. The molecule has 0 atom stereocenters. The number of rotatable bonds is 4. The lowest BCUT2D eigenvalue weighted by Gasteiger charge is -2.03. The van der Waals surface area contributed by atoms with Gasteiger partial charge in [0.25, 0.3) is 11.2 Å². The maximum Gasteiger partial charge on any atom is 0.288 e. The SMILES string of the molecule is Cc1cc(=O)n(CCC=O)cc1[N+](=O)[O-]. The van der Waals surface area contributed by atoms with E-state index >= 15 is 0 Å². The topological polar surface area (TPSA) is 82.2 Å². The van der Waals surface area contributed by atoms with Crippen LogP contribution in [0, 0.1) is 17.0 Å². The second-order valence-electron chi connectivity index (χ2n) is 3.09. The van der Waals surface area contributed by atoms with Crippen LogP contribution in [-0.2, 0) is 11.3 Å². The molecule has 0 aliphatic heterocycles. The molecule has 1 aromatic rings. The fraction of sp³-hybridized carbons (Fsp3) is 0.333. The van der Waals surface area contributed by atoms with Crippen molar-refractivity contribution in [2.24, 2.45) is 0 Å². The van der Waals surface area contributed by atoms with Crippen LogP contribution in [0.2, 0.25) is 0 Å². The van der Waals surface area contributed by atoms with Crippen molar-refractivity contribution in [3.8, 4) is 0 Å². The summed E-state index contributed by atoms with van der Waals surface area (Å²) in [4.78, 5) is 31.5. The van der Waals surface area contributed by atoms with Crippen LogP contribution in [0.1, 0.15) is 12.0 Å². The maximum absolute atomic E-state index is 11.3. The Hall–Kier alpha value is -1.98. The quantitative estimate of drug-likeness (QED) is 0.415. The van der Waals surface area contributed by atoms with Gasteiger partial charge < -0.3 is 9.36 Å². The van der Waals surface area contributed by atoms with Crippen LogP contribution >= 0.6 is 0 Å². The van der Waals surface area contributed by atoms with Crippen LogP contribution in [-0.4, -0.2) is 15.8 Å². The van der Waals surface area contributed by atoms with Crippen LogP contribution in [0.15, 0.2) is 17.1 Å². The van der Waals surface area contributed by atoms with Gasteiger partial charge in [-0.1, -0.05) is 0 Å². The number of carbonyl (C=O) groups is 1. The third-order valence-corrected chi connectivity index (χ3v) is 1.99. The second-order valence-corrected chi connectivity index (χ2v) is 3.09. The lowest BCUT2D eigenvalue weighted by atomic mass is 10.2. The molecule has 0 bridgehead atoms. The first-order chi connectivity index (χ1) is 7.06. The monoisotopic (exact) mass is 210 g/mol. The van der Waals surface area contributed by atoms with E-state index in [1.54, 1.807) is 0 Å². The van der Waals surface area contributed by atoms with Gasteiger partial charge in [-0.3, -0.25) is 14.9 Å². The maximum atomic E-state index is 11.3. The van der Waals surface area contributed by atoms with Gasteiger partial charge in [0.2, 0.25) is 0 Å². The van der Waals surface area contributed by atoms with Crippen molar-refractivity contribution in [1.82, 2.24) is 4.57 Å². The van der Waals surface area contributed by atoms with Crippen LogP contribution in [0.25, 0.3) is 0 Å². The van der Waals surface area contributed by atoms with Crippen LogP contribution in [0.3, 0.4) is 0 Å². The minimum absolute atomic E-state index is 0.111. The standard InChI is InChI=1S/C9H10N2O4/c1-7-5-9(13)10(3-2-4-12)6-8(7)11(14)15/h4-6H,2-3H2,1H3. The van der Waals surface area contributed by atoms with Crippen molar-refractivity contribution in [2.75, 3.05) is 0 Å². The first-order valence-electron chi connectivity index (χ1n) is 4.35. The zero-order valence-corrected chi connectivity index (χ0v) is 8.17. The van der Waals surface area contributed by atoms with E-state index in [-0.39, 0.29) is 24.2 Å². The molecule has 0 radical (unpaired) electrons.